The van der Waals surface area contributed by atoms with E-state index in [0.29, 0.717) is 45.6 Å². The summed E-state index contributed by atoms with van der Waals surface area (Å²) >= 11 is 0. The molecule has 10 atom stereocenters. The van der Waals surface area contributed by atoms with Crippen LogP contribution in [0.25, 0.3) is 0 Å². The summed E-state index contributed by atoms with van der Waals surface area (Å²) in [5.41, 5.74) is 7.26. The molecule has 34 heavy (non-hydrogen) atoms. The standard InChI is InChI=1S/C31H53NO2/c1-25(2)12-15-30-16-14-28(6)20(23(30)24(25)34-19-30)8-9-22-27(5)13-17-31(33,18-32)26(3,4)21(27)10-11-29(22,28)7/h20-24,33H,8-19,32H2,1-7H3/t20?,21?,22?,23?,24?,27?,28-,29?,30?,31?/m0/s1. The Bertz CT molecular complexity index is 867. The molecule has 0 aromatic rings. The van der Waals surface area contributed by atoms with Gasteiger partial charge in [-0.25, -0.2) is 0 Å². The number of fused-ring (bicyclic) bond motifs is 5. The Labute approximate surface area is 209 Å². The monoisotopic (exact) mass is 471 g/mol. The van der Waals surface area contributed by atoms with Gasteiger partial charge in [0.05, 0.1) is 18.3 Å². The van der Waals surface area contributed by atoms with Crippen LogP contribution >= 0.6 is 0 Å². The highest BCUT2D eigenvalue weighted by Gasteiger charge is 2.73. The minimum atomic E-state index is -0.715. The molecule has 6 fully saturated rings. The van der Waals surface area contributed by atoms with E-state index in [1.54, 1.807) is 0 Å². The fourth-order valence-corrected chi connectivity index (χ4v) is 12.4. The van der Waals surface area contributed by atoms with Gasteiger partial charge < -0.3 is 15.6 Å². The molecule has 0 aromatic carbocycles. The fraction of sp³-hybridized carbons (Fsp3) is 1.00. The largest absolute Gasteiger partial charge is 0.388 e. The van der Waals surface area contributed by atoms with Crippen molar-refractivity contribution in [1.82, 2.24) is 0 Å². The third-order valence-corrected chi connectivity index (χ3v) is 14.9. The zero-order valence-corrected chi connectivity index (χ0v) is 23.3. The van der Waals surface area contributed by atoms with E-state index in [9.17, 15) is 5.11 Å². The van der Waals surface area contributed by atoms with Gasteiger partial charge in [0.2, 0.25) is 0 Å². The summed E-state index contributed by atoms with van der Waals surface area (Å²) in [6.45, 7) is 19.1. The quantitative estimate of drug-likeness (QED) is 0.455. The van der Waals surface area contributed by atoms with Crippen LogP contribution in [0.4, 0.5) is 0 Å². The Morgan fingerprint density at radius 3 is 2.18 bits per heavy atom. The van der Waals surface area contributed by atoms with Crippen LogP contribution in [0.2, 0.25) is 0 Å². The van der Waals surface area contributed by atoms with Gasteiger partial charge in [-0.3, -0.25) is 0 Å². The molecular formula is C31H53NO2. The summed E-state index contributed by atoms with van der Waals surface area (Å²) in [4.78, 5) is 0. The van der Waals surface area contributed by atoms with Gasteiger partial charge in [-0.15, -0.1) is 0 Å². The van der Waals surface area contributed by atoms with Gasteiger partial charge in [-0.1, -0.05) is 48.5 Å². The van der Waals surface area contributed by atoms with Gasteiger partial charge in [0.1, 0.15) is 0 Å². The van der Waals surface area contributed by atoms with Crippen LogP contribution in [0.15, 0.2) is 0 Å². The molecule has 3 nitrogen and oxygen atoms in total. The molecule has 5 saturated carbocycles. The van der Waals surface area contributed by atoms with Crippen LogP contribution in [0.5, 0.6) is 0 Å². The molecule has 0 spiro atoms. The molecular weight excluding hydrogens is 418 g/mol. The molecule has 6 aliphatic rings. The van der Waals surface area contributed by atoms with E-state index >= 15 is 0 Å². The molecule has 1 saturated heterocycles. The van der Waals surface area contributed by atoms with Crippen LogP contribution in [0, 0.1) is 56.2 Å². The summed E-state index contributed by atoms with van der Waals surface area (Å²) in [5.74, 6) is 2.89. The Morgan fingerprint density at radius 2 is 1.47 bits per heavy atom. The van der Waals surface area contributed by atoms with Crippen molar-refractivity contribution in [2.24, 2.45) is 61.9 Å². The van der Waals surface area contributed by atoms with Crippen molar-refractivity contribution >= 4 is 0 Å². The minimum absolute atomic E-state index is 0.120. The van der Waals surface area contributed by atoms with Crippen molar-refractivity contribution < 1.29 is 9.84 Å². The topological polar surface area (TPSA) is 55.5 Å². The van der Waals surface area contributed by atoms with E-state index in [2.05, 4.69) is 48.5 Å². The minimum Gasteiger partial charge on any atom is -0.388 e. The summed E-state index contributed by atoms with van der Waals surface area (Å²) in [7, 11) is 0. The number of nitrogens with two attached hydrogens (primary N) is 1. The smallest absolute Gasteiger partial charge is 0.0823 e. The van der Waals surface area contributed by atoms with Gasteiger partial charge >= 0.3 is 0 Å². The number of hydrogen-bond acceptors (Lipinski definition) is 3. The predicted molar refractivity (Wildman–Crippen MR) is 138 cm³/mol. The summed E-state index contributed by atoms with van der Waals surface area (Å²) < 4.78 is 6.72. The van der Waals surface area contributed by atoms with Crippen molar-refractivity contribution in [1.29, 1.82) is 0 Å². The predicted octanol–water partition coefficient (Wildman–Crippen LogP) is 6.57. The molecule has 2 bridgehead atoms. The lowest BCUT2D eigenvalue weighted by molar-refractivity contribution is -0.266. The molecule has 0 amide bonds. The normalized spacial score (nSPS) is 59.4. The Balaban J connectivity index is 1.38. The van der Waals surface area contributed by atoms with Crippen LogP contribution in [-0.2, 0) is 4.74 Å². The SMILES string of the molecule is CC1(C)CCC23CC[C@@]4(C)C(CCC5C6(C)CCC(O)(CN)C(C)(C)C6CCC54C)C2C1OC3. The molecule has 9 unspecified atom stereocenters. The van der Waals surface area contributed by atoms with Gasteiger partial charge in [0.15, 0.2) is 0 Å². The van der Waals surface area contributed by atoms with E-state index < -0.39 is 5.60 Å². The lowest BCUT2D eigenvalue weighted by atomic mass is 9.31. The van der Waals surface area contributed by atoms with Crippen LogP contribution in [0.3, 0.4) is 0 Å². The van der Waals surface area contributed by atoms with Gasteiger partial charge in [0.25, 0.3) is 0 Å². The zero-order chi connectivity index (χ0) is 24.6. The second-order valence-electron chi connectivity index (χ2n) is 16.2. The molecule has 3 heteroatoms. The number of ether oxygens (including phenoxy) is 1. The van der Waals surface area contributed by atoms with E-state index in [0.717, 1.165) is 37.2 Å². The summed E-state index contributed by atoms with van der Waals surface area (Å²) in [6.07, 6.45) is 13.3. The summed E-state index contributed by atoms with van der Waals surface area (Å²) in [6, 6.07) is 0. The highest BCUT2D eigenvalue weighted by Crippen LogP contribution is 2.78. The maximum absolute atomic E-state index is 11.6. The fourth-order valence-electron chi connectivity index (χ4n) is 12.4. The average molecular weight is 472 g/mol. The lowest BCUT2D eigenvalue weighted by Crippen LogP contribution is -2.70. The van der Waals surface area contributed by atoms with Crippen molar-refractivity contribution in [3.8, 4) is 0 Å². The lowest BCUT2D eigenvalue weighted by Gasteiger charge is -2.74. The van der Waals surface area contributed by atoms with Crippen LogP contribution < -0.4 is 5.73 Å². The van der Waals surface area contributed by atoms with Crippen molar-refractivity contribution in [3.63, 3.8) is 0 Å². The van der Waals surface area contributed by atoms with E-state index in [1.807, 2.05) is 0 Å². The third kappa shape index (κ3) is 2.56. The maximum Gasteiger partial charge on any atom is 0.0823 e. The number of rotatable bonds is 1. The number of hydrogen-bond donors (Lipinski definition) is 2. The molecule has 6 rings (SSSR count). The highest BCUT2D eigenvalue weighted by molar-refractivity contribution is 5.22. The second kappa shape index (κ2) is 6.84. The Kier molecular flexibility index (Phi) is 4.88. The molecule has 3 N–H and O–H groups in total. The first-order chi connectivity index (χ1) is 15.7. The Morgan fingerprint density at radius 1 is 0.765 bits per heavy atom. The van der Waals surface area contributed by atoms with Gasteiger partial charge in [-0.2, -0.15) is 0 Å². The van der Waals surface area contributed by atoms with E-state index in [-0.39, 0.29) is 5.41 Å². The van der Waals surface area contributed by atoms with Crippen LogP contribution in [-0.4, -0.2) is 30.0 Å². The van der Waals surface area contributed by atoms with Crippen molar-refractivity contribution in [2.45, 2.75) is 124 Å². The first-order valence-corrected chi connectivity index (χ1v) is 14.8. The molecule has 0 radical (unpaired) electrons. The van der Waals surface area contributed by atoms with E-state index in [4.69, 9.17) is 10.5 Å². The highest BCUT2D eigenvalue weighted by atomic mass is 16.5. The third-order valence-electron chi connectivity index (χ3n) is 14.9. The maximum atomic E-state index is 11.6. The molecule has 5 aliphatic carbocycles. The van der Waals surface area contributed by atoms with Gasteiger partial charge in [-0.05, 0) is 120 Å². The molecule has 194 valence electrons. The zero-order valence-electron chi connectivity index (χ0n) is 23.3. The van der Waals surface area contributed by atoms with Crippen molar-refractivity contribution in [2.75, 3.05) is 13.2 Å². The molecule has 1 aliphatic heterocycles. The summed E-state index contributed by atoms with van der Waals surface area (Å²) in [5, 5.41) is 11.6. The first kappa shape index (κ1) is 24.2. The first-order valence-electron chi connectivity index (χ1n) is 14.8. The van der Waals surface area contributed by atoms with Crippen LogP contribution in [0.1, 0.15) is 113 Å². The van der Waals surface area contributed by atoms with Crippen molar-refractivity contribution in [3.05, 3.63) is 0 Å². The Hall–Kier alpha value is -0.120. The average Bonchev–Trinajstić information content (AvgIpc) is 3.11. The number of aliphatic hydroxyl groups is 1. The second-order valence-corrected chi connectivity index (χ2v) is 16.2. The molecule has 1 heterocycles. The van der Waals surface area contributed by atoms with Gasteiger partial charge in [0, 0.05) is 6.54 Å². The van der Waals surface area contributed by atoms with E-state index in [1.165, 1.54) is 51.4 Å². The molecule has 0 aromatic heterocycles.